The summed E-state index contributed by atoms with van der Waals surface area (Å²) in [7, 11) is 0. The second-order valence-electron chi connectivity index (χ2n) is 11.5. The van der Waals surface area contributed by atoms with Gasteiger partial charge in [0.25, 0.3) is 0 Å². The molecule has 4 aliphatic rings. The van der Waals surface area contributed by atoms with Crippen LogP contribution < -0.4 is 16.0 Å². The zero-order valence-corrected chi connectivity index (χ0v) is 21.5. The monoisotopic (exact) mass is 563 g/mol. The van der Waals surface area contributed by atoms with Crippen LogP contribution in [0.3, 0.4) is 0 Å². The fraction of sp³-hybridized carbons (Fsp3) is 0.792. The molecule has 1 spiro atoms. The van der Waals surface area contributed by atoms with Crippen LogP contribution in [0.1, 0.15) is 46.5 Å². The van der Waals surface area contributed by atoms with E-state index in [-0.39, 0.29) is 30.3 Å². The maximum atomic E-state index is 13.4. The number of carbonyl (C=O) groups is 4. The predicted molar refractivity (Wildman–Crippen MR) is 121 cm³/mol. The molecular formula is C24H30F5N5O5. The van der Waals surface area contributed by atoms with Gasteiger partial charge in [-0.05, 0) is 49.9 Å². The van der Waals surface area contributed by atoms with Crippen molar-refractivity contribution < 1.29 is 45.9 Å². The highest BCUT2D eigenvalue weighted by molar-refractivity contribution is 5.95. The number of nitrogens with zero attached hydrogens (tertiary/aromatic N) is 2. The molecule has 7 atom stereocenters. The summed E-state index contributed by atoms with van der Waals surface area (Å²) in [5, 5.41) is 16.6. The molecule has 2 aliphatic carbocycles. The molecule has 2 aliphatic heterocycles. The van der Waals surface area contributed by atoms with E-state index in [0.29, 0.717) is 6.42 Å². The fourth-order valence-electron chi connectivity index (χ4n) is 6.17. The number of nitrogens with one attached hydrogen (secondary N) is 3. The van der Waals surface area contributed by atoms with E-state index in [2.05, 4.69) is 15.4 Å². The lowest BCUT2D eigenvalue weighted by molar-refractivity contribution is -0.185. The van der Waals surface area contributed by atoms with Crippen molar-refractivity contribution >= 4 is 23.6 Å². The van der Waals surface area contributed by atoms with Gasteiger partial charge in [-0.2, -0.15) is 27.2 Å². The van der Waals surface area contributed by atoms with Gasteiger partial charge in [0.05, 0.1) is 12.2 Å². The Morgan fingerprint density at radius 2 is 1.87 bits per heavy atom. The van der Waals surface area contributed by atoms with Crippen molar-refractivity contribution in [1.82, 2.24) is 20.9 Å². The molecule has 0 aromatic rings. The lowest BCUT2D eigenvalue weighted by atomic mass is 9.95. The molecule has 2 saturated heterocycles. The second kappa shape index (κ2) is 9.87. The number of likely N-dealkylation sites (tertiary alicyclic amines) is 1. The number of hydrogen-bond donors (Lipinski definition) is 3. The quantitative estimate of drug-likeness (QED) is 0.361. The van der Waals surface area contributed by atoms with Gasteiger partial charge in [-0.25, -0.2) is 0 Å². The fourth-order valence-corrected chi connectivity index (χ4v) is 6.17. The van der Waals surface area contributed by atoms with E-state index in [1.807, 2.05) is 19.9 Å². The number of ether oxygens (including phenoxy) is 1. The molecule has 2 heterocycles. The molecule has 3 unspecified atom stereocenters. The van der Waals surface area contributed by atoms with Crippen LogP contribution in [0.25, 0.3) is 0 Å². The maximum absolute atomic E-state index is 13.4. The van der Waals surface area contributed by atoms with Crippen molar-refractivity contribution in [3.05, 3.63) is 0 Å². The standard InChI is InChI=1S/C24H30F5N5O5/c1-10(39-21(25)26)15(32-20(38)24(27,28)29)19(37)34-9-13-14(22(13,2)3)16(34)18(36)31-12(8-30)6-11-7-23(4-5-23)33-17(11)35/h10-16,21H,4-7,9H2,1-3H3,(H,31,36)(H,32,38)(H,33,35)/t10-,11-,12+,13?,14?,15+,16?/m1/s1. The van der Waals surface area contributed by atoms with Crippen LogP contribution in [0.5, 0.6) is 0 Å². The smallest absolute Gasteiger partial charge is 0.350 e. The number of alkyl halides is 5. The van der Waals surface area contributed by atoms with Crippen molar-refractivity contribution in [3.8, 4) is 6.07 Å². The molecule has 10 nitrogen and oxygen atoms in total. The first-order valence-corrected chi connectivity index (χ1v) is 12.6. The van der Waals surface area contributed by atoms with E-state index < -0.39 is 72.0 Å². The molecule has 4 fully saturated rings. The summed E-state index contributed by atoms with van der Waals surface area (Å²) < 4.78 is 68.7. The minimum Gasteiger partial charge on any atom is -0.350 e. The minimum absolute atomic E-state index is 0.0392. The Balaban J connectivity index is 1.51. The van der Waals surface area contributed by atoms with E-state index in [1.165, 1.54) is 5.32 Å². The molecule has 4 amide bonds. The highest BCUT2D eigenvalue weighted by Crippen LogP contribution is 2.65. The molecule has 15 heteroatoms. The zero-order valence-electron chi connectivity index (χ0n) is 21.5. The average Bonchev–Trinajstić information content (AvgIpc) is 3.54. The van der Waals surface area contributed by atoms with Gasteiger partial charge in [0.15, 0.2) is 0 Å². The Bertz CT molecular complexity index is 1090. The number of nitriles is 1. The Morgan fingerprint density at radius 3 is 2.38 bits per heavy atom. The third-order valence-corrected chi connectivity index (χ3v) is 8.60. The van der Waals surface area contributed by atoms with E-state index in [1.54, 1.807) is 0 Å². The normalized spacial score (nSPS) is 30.2. The van der Waals surface area contributed by atoms with Gasteiger partial charge in [0, 0.05) is 18.0 Å². The van der Waals surface area contributed by atoms with E-state index >= 15 is 0 Å². The van der Waals surface area contributed by atoms with Gasteiger partial charge in [-0.1, -0.05) is 13.8 Å². The Hall–Kier alpha value is -3.02. The second-order valence-corrected chi connectivity index (χ2v) is 11.5. The van der Waals surface area contributed by atoms with Crippen LogP contribution in [0.15, 0.2) is 0 Å². The molecular weight excluding hydrogens is 533 g/mol. The van der Waals surface area contributed by atoms with Crippen LogP contribution in [0.2, 0.25) is 0 Å². The first-order valence-electron chi connectivity index (χ1n) is 12.6. The lowest BCUT2D eigenvalue weighted by Gasteiger charge is -2.35. The third kappa shape index (κ3) is 5.66. The van der Waals surface area contributed by atoms with Crippen LogP contribution in [0.4, 0.5) is 22.0 Å². The van der Waals surface area contributed by atoms with Gasteiger partial charge < -0.3 is 25.6 Å². The van der Waals surface area contributed by atoms with Crippen LogP contribution >= 0.6 is 0 Å². The third-order valence-electron chi connectivity index (χ3n) is 8.60. The lowest BCUT2D eigenvalue weighted by Crippen LogP contribution is -2.61. The van der Waals surface area contributed by atoms with Gasteiger partial charge >= 0.3 is 18.7 Å². The number of fused-ring (bicyclic) bond motifs is 1. The first kappa shape index (κ1) is 29.0. The topological polar surface area (TPSA) is 141 Å². The molecule has 0 radical (unpaired) electrons. The summed E-state index contributed by atoms with van der Waals surface area (Å²) in [6.45, 7) is 1.08. The molecule has 4 rings (SSSR count). The first-order chi connectivity index (χ1) is 18.0. The number of rotatable bonds is 9. The van der Waals surface area contributed by atoms with E-state index in [0.717, 1.165) is 24.7 Å². The molecule has 39 heavy (non-hydrogen) atoms. The van der Waals surface area contributed by atoms with Crippen molar-refractivity contribution in [2.24, 2.45) is 23.2 Å². The Labute approximate surface area is 220 Å². The number of amides is 4. The molecule has 0 aromatic carbocycles. The predicted octanol–water partition coefficient (Wildman–Crippen LogP) is 1.21. The van der Waals surface area contributed by atoms with Crippen molar-refractivity contribution in [2.45, 2.75) is 89.0 Å². The summed E-state index contributed by atoms with van der Waals surface area (Å²) in [6.07, 6.45) is -5.00. The molecule has 0 aromatic heterocycles. The molecule has 216 valence electrons. The van der Waals surface area contributed by atoms with Crippen molar-refractivity contribution in [1.29, 1.82) is 5.26 Å². The SMILES string of the molecule is C[C@@H](OC(F)F)[C@H](NC(=O)C(F)(F)F)C(=O)N1CC2C(C1C(=O)N[C@H](C#N)C[C@@H]1CC3(CC3)NC1=O)C2(C)C. The number of halogens is 5. The van der Waals surface area contributed by atoms with Gasteiger partial charge in [0.2, 0.25) is 17.7 Å². The molecule has 2 saturated carbocycles. The molecule has 0 bridgehead atoms. The summed E-state index contributed by atoms with van der Waals surface area (Å²) in [5.41, 5.74) is -0.654. The van der Waals surface area contributed by atoms with Crippen molar-refractivity contribution in [3.63, 3.8) is 0 Å². The average molecular weight is 564 g/mol. The van der Waals surface area contributed by atoms with Gasteiger partial charge in [0.1, 0.15) is 18.1 Å². The van der Waals surface area contributed by atoms with Crippen LogP contribution in [-0.2, 0) is 23.9 Å². The van der Waals surface area contributed by atoms with E-state index in [4.69, 9.17) is 0 Å². The Kier molecular flexibility index (Phi) is 7.33. The molecule has 3 N–H and O–H groups in total. The van der Waals surface area contributed by atoms with Crippen LogP contribution in [-0.4, -0.2) is 77.6 Å². The Morgan fingerprint density at radius 1 is 1.23 bits per heavy atom. The largest absolute Gasteiger partial charge is 0.471 e. The number of piperidine rings is 1. The highest BCUT2D eigenvalue weighted by Gasteiger charge is 2.70. The van der Waals surface area contributed by atoms with Gasteiger partial charge in [-0.15, -0.1) is 0 Å². The van der Waals surface area contributed by atoms with E-state index in [9.17, 15) is 46.4 Å². The summed E-state index contributed by atoms with van der Waals surface area (Å²) in [6, 6.07) is -2.52. The highest BCUT2D eigenvalue weighted by atomic mass is 19.4. The summed E-state index contributed by atoms with van der Waals surface area (Å²) in [4.78, 5) is 51.7. The van der Waals surface area contributed by atoms with Crippen LogP contribution in [0, 0.1) is 34.5 Å². The number of hydrogen-bond acceptors (Lipinski definition) is 6. The van der Waals surface area contributed by atoms with Gasteiger partial charge in [-0.3, -0.25) is 19.2 Å². The zero-order chi connectivity index (χ0) is 29.1. The summed E-state index contributed by atoms with van der Waals surface area (Å²) in [5.74, 6) is -5.81. The summed E-state index contributed by atoms with van der Waals surface area (Å²) >= 11 is 0. The maximum Gasteiger partial charge on any atom is 0.471 e. The minimum atomic E-state index is -5.40. The van der Waals surface area contributed by atoms with Crippen molar-refractivity contribution in [2.75, 3.05) is 6.54 Å². The number of carbonyl (C=O) groups excluding carboxylic acids is 4.